The Hall–Kier alpha value is -1.25. The van der Waals surface area contributed by atoms with Crippen LogP contribution < -0.4 is 9.47 Å². The van der Waals surface area contributed by atoms with Crippen LogP contribution in [0.5, 0.6) is 11.6 Å². The summed E-state index contributed by atoms with van der Waals surface area (Å²) in [5, 5.41) is 0. The third-order valence-electron chi connectivity index (χ3n) is 2.84. The van der Waals surface area contributed by atoms with Crippen molar-refractivity contribution in [2.75, 3.05) is 0 Å². The highest BCUT2D eigenvalue weighted by Gasteiger charge is 2.30. The third kappa shape index (κ3) is 3.15. The topological polar surface area (TPSA) is 31.4 Å². The SMILES string of the molecule is CC(C)Oc1nccc(C(C)(C)C)c1OC1CC1. The van der Waals surface area contributed by atoms with Crippen LogP contribution in [0.15, 0.2) is 12.3 Å². The zero-order valence-corrected chi connectivity index (χ0v) is 12.0. The Bertz CT molecular complexity index is 417. The first-order valence-electron chi connectivity index (χ1n) is 6.70. The first-order chi connectivity index (χ1) is 8.38. The molecule has 3 nitrogen and oxygen atoms in total. The van der Waals surface area contributed by atoms with E-state index in [0.29, 0.717) is 12.0 Å². The van der Waals surface area contributed by atoms with Crippen molar-refractivity contribution >= 4 is 0 Å². The van der Waals surface area contributed by atoms with Crippen LogP contribution in [0.3, 0.4) is 0 Å². The quantitative estimate of drug-likeness (QED) is 0.815. The molecule has 0 bridgehead atoms. The van der Waals surface area contributed by atoms with Crippen LogP contribution in [0.2, 0.25) is 0 Å². The second-order valence-electron chi connectivity index (χ2n) is 6.23. The molecule has 0 amide bonds. The Morgan fingerprint density at radius 3 is 2.44 bits per heavy atom. The Kier molecular flexibility index (Phi) is 3.51. The van der Waals surface area contributed by atoms with Crippen LogP contribution in [0, 0.1) is 0 Å². The summed E-state index contributed by atoms with van der Waals surface area (Å²) in [5.74, 6) is 1.46. The molecule has 0 aromatic carbocycles. The number of hydrogen-bond acceptors (Lipinski definition) is 3. The number of ether oxygens (including phenoxy) is 2. The molecule has 1 heterocycles. The first-order valence-corrected chi connectivity index (χ1v) is 6.70. The summed E-state index contributed by atoms with van der Waals surface area (Å²) in [6, 6.07) is 2.03. The van der Waals surface area contributed by atoms with Crippen LogP contribution in [-0.2, 0) is 5.41 Å². The summed E-state index contributed by atoms with van der Waals surface area (Å²) in [7, 11) is 0. The Morgan fingerprint density at radius 2 is 1.94 bits per heavy atom. The molecule has 2 rings (SSSR count). The van der Waals surface area contributed by atoms with Crippen molar-refractivity contribution in [1.82, 2.24) is 4.98 Å². The van der Waals surface area contributed by atoms with Gasteiger partial charge in [-0.05, 0) is 38.2 Å². The summed E-state index contributed by atoms with van der Waals surface area (Å²) in [6.07, 6.45) is 4.54. The molecule has 0 saturated heterocycles. The Morgan fingerprint density at radius 1 is 1.28 bits per heavy atom. The fourth-order valence-corrected chi connectivity index (χ4v) is 1.79. The van der Waals surface area contributed by atoms with Crippen LogP contribution in [0.1, 0.15) is 53.0 Å². The lowest BCUT2D eigenvalue weighted by molar-refractivity contribution is 0.205. The van der Waals surface area contributed by atoms with Gasteiger partial charge in [0.25, 0.3) is 5.88 Å². The molecule has 0 unspecified atom stereocenters. The van der Waals surface area contributed by atoms with E-state index in [1.54, 1.807) is 6.20 Å². The molecule has 3 heteroatoms. The summed E-state index contributed by atoms with van der Waals surface area (Å²) in [6.45, 7) is 10.6. The maximum atomic E-state index is 6.03. The molecule has 1 aliphatic rings. The summed E-state index contributed by atoms with van der Waals surface area (Å²) < 4.78 is 11.8. The van der Waals surface area contributed by atoms with Crippen molar-refractivity contribution in [2.24, 2.45) is 0 Å². The van der Waals surface area contributed by atoms with Crippen molar-refractivity contribution in [3.8, 4) is 11.6 Å². The minimum Gasteiger partial charge on any atom is -0.484 e. The van der Waals surface area contributed by atoms with Gasteiger partial charge in [-0.3, -0.25) is 0 Å². The predicted octanol–water partition coefficient (Wildman–Crippen LogP) is 3.71. The number of pyridine rings is 1. The molecule has 0 N–H and O–H groups in total. The van der Waals surface area contributed by atoms with E-state index in [1.807, 2.05) is 19.9 Å². The van der Waals surface area contributed by atoms with Gasteiger partial charge in [-0.15, -0.1) is 0 Å². The van der Waals surface area contributed by atoms with Crippen molar-refractivity contribution in [3.63, 3.8) is 0 Å². The van der Waals surface area contributed by atoms with Crippen molar-refractivity contribution in [2.45, 2.75) is 65.1 Å². The minimum absolute atomic E-state index is 0.0300. The lowest BCUT2D eigenvalue weighted by Gasteiger charge is -2.24. The zero-order chi connectivity index (χ0) is 13.3. The van der Waals surface area contributed by atoms with Gasteiger partial charge in [0, 0.05) is 11.8 Å². The standard InChI is InChI=1S/C15H23NO2/c1-10(2)17-14-13(18-11-6-7-11)12(8-9-16-14)15(3,4)5/h8-11H,6-7H2,1-5H3. The van der Waals surface area contributed by atoms with E-state index in [-0.39, 0.29) is 11.5 Å². The normalized spacial score (nSPS) is 15.9. The maximum absolute atomic E-state index is 6.03. The van der Waals surface area contributed by atoms with Gasteiger partial charge in [-0.2, -0.15) is 0 Å². The minimum atomic E-state index is 0.0300. The van der Waals surface area contributed by atoms with E-state index in [2.05, 4.69) is 25.8 Å². The summed E-state index contributed by atoms with van der Waals surface area (Å²) in [5.41, 5.74) is 1.20. The molecule has 1 aromatic rings. The van der Waals surface area contributed by atoms with Crippen molar-refractivity contribution in [3.05, 3.63) is 17.8 Å². The lowest BCUT2D eigenvalue weighted by atomic mass is 9.87. The van der Waals surface area contributed by atoms with E-state index in [9.17, 15) is 0 Å². The molecule has 18 heavy (non-hydrogen) atoms. The van der Waals surface area contributed by atoms with Gasteiger partial charge < -0.3 is 9.47 Å². The van der Waals surface area contributed by atoms with E-state index in [0.717, 1.165) is 18.6 Å². The van der Waals surface area contributed by atoms with Crippen molar-refractivity contribution < 1.29 is 9.47 Å². The third-order valence-corrected chi connectivity index (χ3v) is 2.84. The van der Waals surface area contributed by atoms with E-state index < -0.39 is 0 Å². The molecule has 0 aliphatic heterocycles. The Labute approximate surface area is 110 Å². The molecule has 0 atom stereocenters. The predicted molar refractivity (Wildman–Crippen MR) is 72.4 cm³/mol. The smallest absolute Gasteiger partial charge is 0.257 e. The summed E-state index contributed by atoms with van der Waals surface area (Å²) >= 11 is 0. The van der Waals surface area contributed by atoms with Gasteiger partial charge in [-0.1, -0.05) is 20.8 Å². The molecule has 0 radical (unpaired) electrons. The molecule has 1 fully saturated rings. The van der Waals surface area contributed by atoms with E-state index in [4.69, 9.17) is 9.47 Å². The van der Waals surface area contributed by atoms with Crippen molar-refractivity contribution in [1.29, 1.82) is 0 Å². The highest BCUT2D eigenvalue weighted by molar-refractivity contribution is 5.45. The molecule has 1 aromatic heterocycles. The van der Waals surface area contributed by atoms with Crippen LogP contribution >= 0.6 is 0 Å². The molecule has 1 saturated carbocycles. The number of aromatic nitrogens is 1. The van der Waals surface area contributed by atoms with E-state index in [1.165, 1.54) is 5.56 Å². The second-order valence-corrected chi connectivity index (χ2v) is 6.23. The van der Waals surface area contributed by atoms with Gasteiger partial charge in [0.2, 0.25) is 0 Å². The fraction of sp³-hybridized carbons (Fsp3) is 0.667. The van der Waals surface area contributed by atoms with Gasteiger partial charge in [0.15, 0.2) is 5.75 Å². The molecule has 100 valence electrons. The zero-order valence-electron chi connectivity index (χ0n) is 12.0. The second kappa shape index (κ2) is 4.79. The summed E-state index contributed by atoms with van der Waals surface area (Å²) in [4.78, 5) is 4.33. The molecule has 1 aliphatic carbocycles. The number of nitrogens with zero attached hydrogens (tertiary/aromatic N) is 1. The van der Waals surface area contributed by atoms with Crippen LogP contribution in [0.25, 0.3) is 0 Å². The van der Waals surface area contributed by atoms with Crippen LogP contribution in [0.4, 0.5) is 0 Å². The van der Waals surface area contributed by atoms with Gasteiger partial charge in [-0.25, -0.2) is 4.98 Å². The van der Waals surface area contributed by atoms with Crippen LogP contribution in [-0.4, -0.2) is 17.2 Å². The maximum Gasteiger partial charge on any atom is 0.257 e. The Balaban J connectivity index is 2.38. The average Bonchev–Trinajstić information content (AvgIpc) is 3.02. The van der Waals surface area contributed by atoms with Gasteiger partial charge in [0.1, 0.15) is 0 Å². The van der Waals surface area contributed by atoms with Gasteiger partial charge in [0.05, 0.1) is 12.2 Å². The monoisotopic (exact) mass is 249 g/mol. The van der Waals surface area contributed by atoms with Gasteiger partial charge >= 0.3 is 0 Å². The van der Waals surface area contributed by atoms with E-state index >= 15 is 0 Å². The number of rotatable bonds is 4. The molecule has 0 spiro atoms. The largest absolute Gasteiger partial charge is 0.484 e. The first kappa shape index (κ1) is 13.2. The highest BCUT2D eigenvalue weighted by atomic mass is 16.5. The highest BCUT2D eigenvalue weighted by Crippen LogP contribution is 2.40. The molecular formula is C15H23NO2. The lowest BCUT2D eigenvalue weighted by Crippen LogP contribution is -2.17. The number of hydrogen-bond donors (Lipinski definition) is 0. The molecular weight excluding hydrogens is 226 g/mol. The average molecular weight is 249 g/mol. The fourth-order valence-electron chi connectivity index (χ4n) is 1.79.